The lowest BCUT2D eigenvalue weighted by Crippen LogP contribution is -2.51. The van der Waals surface area contributed by atoms with Crippen molar-refractivity contribution in [1.82, 2.24) is 10.2 Å². The number of hydrogen-bond acceptors (Lipinski definition) is 4. The Morgan fingerprint density at radius 1 is 0.903 bits per heavy atom. The van der Waals surface area contributed by atoms with Crippen molar-refractivity contribution in [3.63, 3.8) is 0 Å². The first-order valence-corrected chi connectivity index (χ1v) is 10.3. The molecule has 7 heteroatoms. The highest BCUT2D eigenvalue weighted by molar-refractivity contribution is 6.22. The van der Waals surface area contributed by atoms with Crippen LogP contribution in [-0.2, 0) is 9.59 Å². The lowest BCUT2D eigenvalue weighted by atomic mass is 10.0. The predicted octanol–water partition coefficient (Wildman–Crippen LogP) is 3.07. The van der Waals surface area contributed by atoms with E-state index < -0.39 is 23.8 Å². The van der Waals surface area contributed by atoms with Crippen LogP contribution in [0.5, 0.6) is 0 Å². The molecule has 162 valence electrons. The second-order valence-electron chi connectivity index (χ2n) is 8.20. The molecule has 0 bridgehead atoms. The first-order chi connectivity index (χ1) is 14.7. The van der Waals surface area contributed by atoms with Gasteiger partial charge in [0.1, 0.15) is 6.04 Å². The fourth-order valence-electron chi connectivity index (χ4n) is 3.75. The lowest BCUT2D eigenvalue weighted by Gasteiger charge is -2.26. The monoisotopic (exact) mass is 421 g/mol. The van der Waals surface area contributed by atoms with E-state index >= 15 is 0 Å². The van der Waals surface area contributed by atoms with Crippen LogP contribution < -0.4 is 10.6 Å². The number of carbonyl (C=O) groups excluding carboxylic acids is 4. The largest absolute Gasteiger partial charge is 0.345 e. The molecule has 0 spiro atoms. The topological polar surface area (TPSA) is 95.6 Å². The summed E-state index contributed by atoms with van der Waals surface area (Å²) in [4.78, 5) is 52.1. The summed E-state index contributed by atoms with van der Waals surface area (Å²) in [6.07, 6.45) is 0.301. The minimum atomic E-state index is -0.986. The Balaban J connectivity index is 1.72. The quantitative estimate of drug-likeness (QED) is 0.672. The van der Waals surface area contributed by atoms with Crippen LogP contribution in [0.25, 0.3) is 0 Å². The van der Waals surface area contributed by atoms with Gasteiger partial charge in [0.2, 0.25) is 11.8 Å². The van der Waals surface area contributed by atoms with Crippen molar-refractivity contribution in [2.24, 2.45) is 5.92 Å². The minimum absolute atomic E-state index is 0.0588. The molecule has 0 unspecified atom stereocenters. The Hall–Kier alpha value is -3.48. The van der Waals surface area contributed by atoms with Gasteiger partial charge in [-0.1, -0.05) is 44.2 Å². The van der Waals surface area contributed by atoms with Crippen molar-refractivity contribution in [3.05, 3.63) is 64.7 Å². The van der Waals surface area contributed by atoms with E-state index in [1.165, 1.54) is 0 Å². The lowest BCUT2D eigenvalue weighted by molar-refractivity contribution is -0.127. The molecule has 0 fully saturated rings. The van der Waals surface area contributed by atoms with E-state index in [1.54, 1.807) is 24.3 Å². The minimum Gasteiger partial charge on any atom is -0.345 e. The zero-order valence-electron chi connectivity index (χ0n) is 18.2. The molecule has 2 aromatic carbocycles. The van der Waals surface area contributed by atoms with Crippen LogP contribution in [0.4, 0.5) is 5.69 Å². The van der Waals surface area contributed by atoms with Gasteiger partial charge in [0.25, 0.3) is 11.8 Å². The Morgan fingerprint density at radius 3 is 1.97 bits per heavy atom. The van der Waals surface area contributed by atoms with E-state index in [0.717, 1.165) is 16.0 Å². The van der Waals surface area contributed by atoms with Crippen molar-refractivity contribution in [1.29, 1.82) is 0 Å². The number of para-hydroxylation sites is 1. The van der Waals surface area contributed by atoms with E-state index in [-0.39, 0.29) is 18.4 Å². The number of rotatable bonds is 7. The number of nitrogens with one attached hydrogen (secondary N) is 2. The summed E-state index contributed by atoms with van der Waals surface area (Å²) in [6.45, 7) is 7.34. The van der Waals surface area contributed by atoms with E-state index in [2.05, 4.69) is 10.6 Å². The molecule has 31 heavy (non-hydrogen) atoms. The molecule has 2 aromatic rings. The third kappa shape index (κ3) is 4.66. The third-order valence-electron chi connectivity index (χ3n) is 5.30. The van der Waals surface area contributed by atoms with Gasteiger partial charge >= 0.3 is 0 Å². The van der Waals surface area contributed by atoms with Gasteiger partial charge in [-0.25, -0.2) is 0 Å². The average Bonchev–Trinajstić information content (AvgIpc) is 2.98. The van der Waals surface area contributed by atoms with Crippen LogP contribution in [0.1, 0.15) is 52.1 Å². The van der Waals surface area contributed by atoms with Crippen molar-refractivity contribution >= 4 is 29.3 Å². The molecule has 4 amide bonds. The smallest absolute Gasteiger partial charge is 0.262 e. The number of amides is 4. The molecule has 1 aliphatic heterocycles. The summed E-state index contributed by atoms with van der Waals surface area (Å²) in [5.41, 5.74) is 3.14. The summed E-state index contributed by atoms with van der Waals surface area (Å²) in [7, 11) is 0. The summed E-state index contributed by atoms with van der Waals surface area (Å²) < 4.78 is 0. The summed E-state index contributed by atoms with van der Waals surface area (Å²) in [6, 6.07) is 11.2. The zero-order chi connectivity index (χ0) is 22.7. The number of fused-ring (bicyclic) bond motifs is 1. The van der Waals surface area contributed by atoms with Gasteiger partial charge in [-0.05, 0) is 49.4 Å². The summed E-state index contributed by atoms with van der Waals surface area (Å²) in [5.74, 6) is -1.82. The number of anilines is 1. The van der Waals surface area contributed by atoms with Gasteiger partial charge in [-0.3, -0.25) is 24.1 Å². The first kappa shape index (κ1) is 22.2. The molecule has 2 N–H and O–H groups in total. The Bertz CT molecular complexity index is 990. The zero-order valence-corrected chi connectivity index (χ0v) is 18.2. The molecular weight excluding hydrogens is 394 g/mol. The highest BCUT2D eigenvalue weighted by atomic mass is 16.2. The summed E-state index contributed by atoms with van der Waals surface area (Å²) in [5, 5.41) is 5.41. The van der Waals surface area contributed by atoms with Crippen molar-refractivity contribution in [3.8, 4) is 0 Å². The van der Waals surface area contributed by atoms with Crippen LogP contribution in [0.3, 0.4) is 0 Å². The normalized spacial score (nSPS) is 13.9. The SMILES string of the molecule is Cc1cccc(C)c1NC(=O)CNC(=O)[C@H](CC(C)C)N1C(=O)c2ccccc2C1=O. The van der Waals surface area contributed by atoms with Gasteiger partial charge < -0.3 is 10.6 Å². The molecule has 0 aromatic heterocycles. The molecule has 0 saturated heterocycles. The third-order valence-corrected chi connectivity index (χ3v) is 5.30. The molecule has 1 aliphatic rings. The molecule has 7 nitrogen and oxygen atoms in total. The van der Waals surface area contributed by atoms with Crippen LogP contribution in [0.15, 0.2) is 42.5 Å². The highest BCUT2D eigenvalue weighted by Gasteiger charge is 2.42. The van der Waals surface area contributed by atoms with Crippen LogP contribution >= 0.6 is 0 Å². The Kier molecular flexibility index (Phi) is 6.53. The predicted molar refractivity (Wildman–Crippen MR) is 118 cm³/mol. The number of nitrogens with zero attached hydrogens (tertiary/aromatic N) is 1. The summed E-state index contributed by atoms with van der Waals surface area (Å²) >= 11 is 0. The Labute approximate surface area is 181 Å². The van der Waals surface area contributed by atoms with E-state index in [4.69, 9.17) is 0 Å². The van der Waals surface area contributed by atoms with Crippen molar-refractivity contribution < 1.29 is 19.2 Å². The van der Waals surface area contributed by atoms with Gasteiger partial charge in [-0.15, -0.1) is 0 Å². The first-order valence-electron chi connectivity index (χ1n) is 10.3. The fourth-order valence-corrected chi connectivity index (χ4v) is 3.75. The number of aryl methyl sites for hydroxylation is 2. The van der Waals surface area contributed by atoms with Crippen molar-refractivity contribution in [2.75, 3.05) is 11.9 Å². The number of hydrogen-bond donors (Lipinski definition) is 2. The van der Waals surface area contributed by atoms with Gasteiger partial charge in [0.15, 0.2) is 0 Å². The average molecular weight is 421 g/mol. The number of carbonyl (C=O) groups is 4. The van der Waals surface area contributed by atoms with Crippen molar-refractivity contribution in [2.45, 2.75) is 40.2 Å². The fraction of sp³-hybridized carbons (Fsp3) is 0.333. The highest BCUT2D eigenvalue weighted by Crippen LogP contribution is 2.27. The van der Waals surface area contributed by atoms with Crippen LogP contribution in [0, 0.1) is 19.8 Å². The maximum Gasteiger partial charge on any atom is 0.262 e. The van der Waals surface area contributed by atoms with Gasteiger partial charge in [0, 0.05) is 5.69 Å². The number of imide groups is 1. The van der Waals surface area contributed by atoms with Gasteiger partial charge in [0.05, 0.1) is 17.7 Å². The molecule has 0 saturated carbocycles. The maximum atomic E-state index is 13.0. The standard InChI is InChI=1S/C24H27N3O4/c1-14(2)12-19(27-23(30)17-10-5-6-11-18(17)24(27)31)22(29)25-13-20(28)26-21-15(3)8-7-9-16(21)4/h5-11,14,19H,12-13H2,1-4H3,(H,25,29)(H,26,28)/t19-/m0/s1. The molecule has 3 rings (SSSR count). The van der Waals surface area contributed by atoms with E-state index in [9.17, 15) is 19.2 Å². The van der Waals surface area contributed by atoms with Crippen LogP contribution in [-0.4, -0.2) is 41.1 Å². The second-order valence-corrected chi connectivity index (χ2v) is 8.20. The van der Waals surface area contributed by atoms with E-state index in [1.807, 2.05) is 45.9 Å². The molecule has 0 aliphatic carbocycles. The molecule has 1 atom stereocenters. The molecule has 1 heterocycles. The second kappa shape index (κ2) is 9.12. The number of benzene rings is 2. The van der Waals surface area contributed by atoms with Crippen LogP contribution in [0.2, 0.25) is 0 Å². The molecule has 0 radical (unpaired) electrons. The van der Waals surface area contributed by atoms with Gasteiger partial charge in [-0.2, -0.15) is 0 Å². The molecular formula is C24H27N3O4. The van der Waals surface area contributed by atoms with E-state index in [0.29, 0.717) is 23.2 Å². The maximum absolute atomic E-state index is 13.0. The Morgan fingerprint density at radius 2 is 1.45 bits per heavy atom.